The number of hydrazine groups is 1. The maximum atomic E-state index is 12.0. The molecule has 0 unspecified atom stereocenters. The van der Waals surface area contributed by atoms with Crippen molar-refractivity contribution in [1.29, 1.82) is 0 Å². The van der Waals surface area contributed by atoms with Crippen LogP contribution in [0, 0.1) is 0 Å². The number of ether oxygens (including phenoxy) is 1. The molecule has 2 amide bonds. The van der Waals surface area contributed by atoms with Crippen molar-refractivity contribution < 1.29 is 14.3 Å². The molecule has 1 aromatic carbocycles. The maximum absolute atomic E-state index is 12.0. The van der Waals surface area contributed by atoms with Gasteiger partial charge < -0.3 is 20.7 Å². The number of carbonyl (C=O) groups excluding carboxylic acids is 2. The summed E-state index contributed by atoms with van der Waals surface area (Å²) in [5.74, 6) is -0.349. The first-order chi connectivity index (χ1) is 10.5. The lowest BCUT2D eigenvalue weighted by Gasteiger charge is -2.17. The maximum Gasteiger partial charge on any atom is 0.426 e. The predicted octanol–water partition coefficient (Wildman–Crippen LogP) is 1.13. The van der Waals surface area contributed by atoms with Crippen LogP contribution in [0.5, 0.6) is 0 Å². The smallest absolute Gasteiger partial charge is 0.426 e. The number of carbonyl (C=O) groups is 2. The summed E-state index contributed by atoms with van der Waals surface area (Å²) in [6.07, 6.45) is -0.591. The van der Waals surface area contributed by atoms with Crippen LogP contribution >= 0.6 is 0 Å². The van der Waals surface area contributed by atoms with E-state index in [1.54, 1.807) is 21.0 Å². The van der Waals surface area contributed by atoms with Crippen LogP contribution in [-0.2, 0) is 16.0 Å². The van der Waals surface area contributed by atoms with Crippen molar-refractivity contribution in [2.24, 2.45) is 0 Å². The minimum absolute atomic E-state index is 0.0999. The van der Waals surface area contributed by atoms with Gasteiger partial charge in [-0.1, -0.05) is 0 Å². The summed E-state index contributed by atoms with van der Waals surface area (Å²) < 4.78 is 4.66. The van der Waals surface area contributed by atoms with Crippen LogP contribution in [0.25, 0.3) is 0 Å². The van der Waals surface area contributed by atoms with E-state index in [4.69, 9.17) is 0 Å². The molecule has 8 heteroatoms. The quantitative estimate of drug-likeness (QED) is 0.505. The third-order valence-electron chi connectivity index (χ3n) is 2.99. The second kappa shape index (κ2) is 8.60. The Labute approximate surface area is 130 Å². The zero-order valence-corrected chi connectivity index (χ0v) is 13.3. The average Bonchev–Trinajstić information content (AvgIpc) is 2.53. The van der Waals surface area contributed by atoms with Gasteiger partial charge in [0.05, 0.1) is 13.0 Å². The van der Waals surface area contributed by atoms with Crippen molar-refractivity contribution in [3.05, 3.63) is 17.7 Å². The fraction of sp³-hybridized carbons (Fsp3) is 0.429. The Morgan fingerprint density at radius 2 is 1.59 bits per heavy atom. The molecule has 1 rings (SSSR count). The Kier molecular flexibility index (Phi) is 6.81. The highest BCUT2D eigenvalue weighted by atomic mass is 16.5. The lowest BCUT2D eigenvalue weighted by Crippen LogP contribution is -2.42. The average molecular weight is 309 g/mol. The van der Waals surface area contributed by atoms with Crippen LogP contribution < -0.4 is 26.8 Å². The fourth-order valence-electron chi connectivity index (χ4n) is 1.95. The molecule has 0 saturated carbocycles. The fourth-order valence-corrected chi connectivity index (χ4v) is 1.95. The molecule has 0 fully saturated rings. The van der Waals surface area contributed by atoms with Crippen LogP contribution in [0.3, 0.4) is 0 Å². The van der Waals surface area contributed by atoms with Crippen molar-refractivity contribution in [3.8, 4) is 0 Å². The van der Waals surface area contributed by atoms with E-state index in [0.717, 1.165) is 22.6 Å². The molecule has 0 aliphatic heterocycles. The highest BCUT2D eigenvalue weighted by molar-refractivity contribution is 5.86. The number of anilines is 3. The molecule has 0 atom stereocenters. The normalized spacial score (nSPS) is 9.64. The topological polar surface area (TPSA) is 104 Å². The van der Waals surface area contributed by atoms with Crippen LogP contribution in [-0.4, -0.2) is 39.8 Å². The Balaban J connectivity index is 2.83. The molecule has 0 saturated heterocycles. The molecule has 0 aliphatic carbocycles. The van der Waals surface area contributed by atoms with Crippen LogP contribution in [0.1, 0.15) is 12.5 Å². The van der Waals surface area contributed by atoms with Crippen molar-refractivity contribution in [1.82, 2.24) is 10.9 Å². The van der Waals surface area contributed by atoms with Gasteiger partial charge in [-0.2, -0.15) is 0 Å². The van der Waals surface area contributed by atoms with Gasteiger partial charge >= 0.3 is 6.09 Å². The van der Waals surface area contributed by atoms with E-state index in [1.807, 2.05) is 19.2 Å². The standard InChI is InChI=1S/C14H23N5O3/c1-5-22-14(21)19-18-13(20)8-10-11(16-3)6-9(15-2)7-12(10)17-4/h6-7,15-17H,5,8H2,1-4H3,(H,18,20)(H,19,21). The zero-order chi connectivity index (χ0) is 16.5. The summed E-state index contributed by atoms with van der Waals surface area (Å²) >= 11 is 0. The molecular weight excluding hydrogens is 286 g/mol. The molecule has 0 aliphatic rings. The third kappa shape index (κ3) is 4.72. The third-order valence-corrected chi connectivity index (χ3v) is 2.99. The number of benzene rings is 1. The summed E-state index contributed by atoms with van der Waals surface area (Å²) in [5.41, 5.74) is 7.86. The molecule has 0 spiro atoms. The van der Waals surface area contributed by atoms with Crippen LogP contribution in [0.15, 0.2) is 12.1 Å². The lowest BCUT2D eigenvalue weighted by molar-refractivity contribution is -0.121. The molecule has 8 nitrogen and oxygen atoms in total. The van der Waals surface area contributed by atoms with E-state index in [0.29, 0.717) is 0 Å². The highest BCUT2D eigenvalue weighted by Crippen LogP contribution is 2.29. The Bertz CT molecular complexity index is 508. The number of amides is 2. The summed E-state index contributed by atoms with van der Waals surface area (Å²) in [5, 5.41) is 9.18. The van der Waals surface area contributed by atoms with Gasteiger partial charge in [0.15, 0.2) is 0 Å². The van der Waals surface area contributed by atoms with Gasteiger partial charge in [0.25, 0.3) is 0 Å². The molecule has 0 bridgehead atoms. The molecule has 1 aromatic rings. The van der Waals surface area contributed by atoms with E-state index in [1.165, 1.54) is 0 Å². The predicted molar refractivity (Wildman–Crippen MR) is 87.1 cm³/mol. The van der Waals surface area contributed by atoms with Crippen molar-refractivity contribution in [2.75, 3.05) is 43.7 Å². The second-order valence-corrected chi connectivity index (χ2v) is 4.37. The van der Waals surface area contributed by atoms with Gasteiger partial charge in [-0.15, -0.1) is 0 Å². The largest absolute Gasteiger partial charge is 0.449 e. The number of hydrogen-bond acceptors (Lipinski definition) is 6. The summed E-state index contributed by atoms with van der Waals surface area (Å²) in [6.45, 7) is 1.92. The summed E-state index contributed by atoms with van der Waals surface area (Å²) in [7, 11) is 5.39. The lowest BCUT2D eigenvalue weighted by atomic mass is 10.1. The van der Waals surface area contributed by atoms with Gasteiger partial charge in [0, 0.05) is 43.8 Å². The number of rotatable bonds is 6. The summed E-state index contributed by atoms with van der Waals surface area (Å²) in [6, 6.07) is 3.81. The zero-order valence-electron chi connectivity index (χ0n) is 13.3. The van der Waals surface area contributed by atoms with Crippen LogP contribution in [0.4, 0.5) is 21.9 Å². The monoisotopic (exact) mass is 309 g/mol. The number of nitrogens with one attached hydrogen (secondary N) is 5. The molecule has 5 N–H and O–H groups in total. The van der Waals surface area contributed by atoms with Crippen molar-refractivity contribution >= 4 is 29.1 Å². The van der Waals surface area contributed by atoms with Gasteiger partial charge in [0.2, 0.25) is 5.91 Å². The van der Waals surface area contributed by atoms with Crippen molar-refractivity contribution in [3.63, 3.8) is 0 Å². The highest BCUT2D eigenvalue weighted by Gasteiger charge is 2.14. The number of hydrogen-bond donors (Lipinski definition) is 5. The van der Waals surface area contributed by atoms with E-state index in [-0.39, 0.29) is 18.9 Å². The van der Waals surface area contributed by atoms with E-state index in [9.17, 15) is 9.59 Å². The molecule has 122 valence electrons. The minimum atomic E-state index is -0.691. The van der Waals surface area contributed by atoms with Crippen LogP contribution in [0.2, 0.25) is 0 Å². The molecular formula is C14H23N5O3. The molecule has 0 radical (unpaired) electrons. The first-order valence-corrected chi connectivity index (χ1v) is 6.97. The van der Waals surface area contributed by atoms with Gasteiger partial charge in [-0.05, 0) is 19.1 Å². The molecule has 22 heavy (non-hydrogen) atoms. The van der Waals surface area contributed by atoms with E-state index < -0.39 is 6.09 Å². The van der Waals surface area contributed by atoms with Gasteiger partial charge in [-0.3, -0.25) is 10.2 Å². The first-order valence-electron chi connectivity index (χ1n) is 6.97. The second-order valence-electron chi connectivity index (χ2n) is 4.37. The Morgan fingerprint density at radius 1 is 1.00 bits per heavy atom. The Morgan fingerprint density at radius 3 is 2.05 bits per heavy atom. The van der Waals surface area contributed by atoms with Gasteiger partial charge in [-0.25, -0.2) is 10.2 Å². The van der Waals surface area contributed by atoms with E-state index >= 15 is 0 Å². The summed E-state index contributed by atoms with van der Waals surface area (Å²) in [4.78, 5) is 23.1. The first kappa shape index (κ1) is 17.4. The minimum Gasteiger partial charge on any atom is -0.449 e. The molecule has 0 aromatic heterocycles. The molecule has 0 heterocycles. The van der Waals surface area contributed by atoms with Gasteiger partial charge in [0.1, 0.15) is 0 Å². The van der Waals surface area contributed by atoms with E-state index in [2.05, 4.69) is 31.5 Å². The SMILES string of the molecule is CCOC(=O)NNC(=O)Cc1c(NC)cc(NC)cc1NC. The van der Waals surface area contributed by atoms with Crippen molar-refractivity contribution in [2.45, 2.75) is 13.3 Å². The Hall–Kier alpha value is -2.64.